The van der Waals surface area contributed by atoms with Gasteiger partial charge in [-0.05, 0) is 48.2 Å². The molecule has 0 aliphatic carbocycles. The summed E-state index contributed by atoms with van der Waals surface area (Å²) in [5.41, 5.74) is 2.24. The van der Waals surface area contributed by atoms with Crippen LogP contribution in [0.2, 0.25) is 0 Å². The van der Waals surface area contributed by atoms with Crippen molar-refractivity contribution < 1.29 is 18.9 Å². The van der Waals surface area contributed by atoms with E-state index in [1.165, 1.54) is 5.56 Å². The second kappa shape index (κ2) is 15.4. The van der Waals surface area contributed by atoms with E-state index >= 15 is 0 Å². The number of benzene rings is 2. The number of halogens is 1. The fraction of sp³-hybridized carbons (Fsp3) is 0.458. The van der Waals surface area contributed by atoms with Gasteiger partial charge in [-0.1, -0.05) is 25.5 Å². The third kappa shape index (κ3) is 8.64. The summed E-state index contributed by atoms with van der Waals surface area (Å²) in [6.45, 7) is 4.27. The minimum absolute atomic E-state index is 0. The van der Waals surface area contributed by atoms with Gasteiger partial charge in [0.15, 0.2) is 17.5 Å². The van der Waals surface area contributed by atoms with Crippen LogP contribution in [0.15, 0.2) is 41.4 Å². The molecule has 2 N–H and O–H groups in total. The van der Waals surface area contributed by atoms with Crippen LogP contribution in [0.4, 0.5) is 0 Å². The molecule has 0 heterocycles. The maximum atomic E-state index is 5.71. The lowest BCUT2D eigenvalue weighted by Crippen LogP contribution is -2.37. The number of hydrogen-bond acceptors (Lipinski definition) is 5. The number of rotatable bonds is 12. The average Bonchev–Trinajstić information content (AvgIpc) is 2.81. The lowest BCUT2D eigenvalue weighted by atomic mass is 10.1. The van der Waals surface area contributed by atoms with Crippen LogP contribution in [0.25, 0.3) is 0 Å². The Labute approximate surface area is 208 Å². The largest absolute Gasteiger partial charge is 0.494 e. The Bertz CT molecular complexity index is 803. The first-order chi connectivity index (χ1) is 15.1. The number of aliphatic imine (C=N–C) groups is 1. The normalized spacial score (nSPS) is 10.7. The lowest BCUT2D eigenvalue weighted by Gasteiger charge is -2.16. The van der Waals surface area contributed by atoms with Crippen LogP contribution >= 0.6 is 24.0 Å². The molecule has 0 spiro atoms. The van der Waals surface area contributed by atoms with Crippen molar-refractivity contribution >= 4 is 29.9 Å². The van der Waals surface area contributed by atoms with Gasteiger partial charge in [-0.15, -0.1) is 24.0 Å². The molecular formula is C24H36IN3O4. The summed E-state index contributed by atoms with van der Waals surface area (Å²) in [6, 6.07) is 12.1. The van der Waals surface area contributed by atoms with Gasteiger partial charge >= 0.3 is 0 Å². The third-order valence-electron chi connectivity index (χ3n) is 4.80. The molecule has 0 unspecified atom stereocenters. The first-order valence-corrected chi connectivity index (χ1v) is 10.6. The number of ether oxygens (including phenoxy) is 4. The van der Waals surface area contributed by atoms with Crippen molar-refractivity contribution in [2.24, 2.45) is 4.99 Å². The van der Waals surface area contributed by atoms with Gasteiger partial charge in [0, 0.05) is 20.1 Å². The summed E-state index contributed by atoms with van der Waals surface area (Å²) in [6.07, 6.45) is 3.10. The number of guanidine groups is 1. The van der Waals surface area contributed by atoms with Crippen molar-refractivity contribution in [2.45, 2.75) is 32.7 Å². The maximum absolute atomic E-state index is 5.71. The topological polar surface area (TPSA) is 73.3 Å². The standard InChI is InChI=1S/C24H35N3O4.HI/c1-6-7-14-31-20-10-8-18(9-11-20)12-13-26-24(25-2)27-17-19-15-21(28-3)23(30-5)22(16-19)29-4;/h8-11,15-16H,6-7,12-14,17H2,1-5H3,(H2,25,26,27);1H. The number of methoxy groups -OCH3 is 3. The minimum atomic E-state index is 0. The molecule has 2 rings (SSSR count). The van der Waals surface area contributed by atoms with E-state index in [-0.39, 0.29) is 24.0 Å². The molecule has 2 aromatic rings. The zero-order chi connectivity index (χ0) is 22.5. The van der Waals surface area contributed by atoms with Crippen molar-refractivity contribution in [3.8, 4) is 23.0 Å². The smallest absolute Gasteiger partial charge is 0.203 e. The molecule has 32 heavy (non-hydrogen) atoms. The molecule has 0 saturated heterocycles. The number of nitrogens with zero attached hydrogens (tertiary/aromatic N) is 1. The summed E-state index contributed by atoms with van der Waals surface area (Å²) >= 11 is 0. The lowest BCUT2D eigenvalue weighted by molar-refractivity contribution is 0.309. The van der Waals surface area contributed by atoms with Crippen LogP contribution in [0.3, 0.4) is 0 Å². The van der Waals surface area contributed by atoms with Gasteiger partial charge in [0.25, 0.3) is 0 Å². The van der Waals surface area contributed by atoms with Crippen molar-refractivity contribution in [3.05, 3.63) is 47.5 Å². The molecule has 0 amide bonds. The SMILES string of the molecule is CCCCOc1ccc(CCNC(=NC)NCc2cc(OC)c(OC)c(OC)c2)cc1.I. The second-order valence-corrected chi connectivity index (χ2v) is 6.98. The van der Waals surface area contributed by atoms with Gasteiger partial charge in [-0.3, -0.25) is 4.99 Å². The molecule has 0 saturated carbocycles. The maximum Gasteiger partial charge on any atom is 0.203 e. The molecule has 0 atom stereocenters. The van der Waals surface area contributed by atoms with E-state index in [1.807, 2.05) is 24.3 Å². The highest BCUT2D eigenvalue weighted by Gasteiger charge is 2.13. The first-order valence-electron chi connectivity index (χ1n) is 10.6. The molecule has 178 valence electrons. The molecule has 0 aliphatic rings. The Kier molecular flexibility index (Phi) is 13.4. The van der Waals surface area contributed by atoms with E-state index < -0.39 is 0 Å². The molecule has 2 aromatic carbocycles. The van der Waals surface area contributed by atoms with E-state index in [9.17, 15) is 0 Å². The Balaban J connectivity index is 0.00000512. The second-order valence-electron chi connectivity index (χ2n) is 6.98. The van der Waals surface area contributed by atoms with Gasteiger partial charge in [-0.2, -0.15) is 0 Å². The van der Waals surface area contributed by atoms with Gasteiger partial charge in [0.05, 0.1) is 27.9 Å². The minimum Gasteiger partial charge on any atom is -0.494 e. The van der Waals surface area contributed by atoms with E-state index in [1.54, 1.807) is 28.4 Å². The monoisotopic (exact) mass is 557 g/mol. The molecule has 0 radical (unpaired) electrons. The summed E-state index contributed by atoms with van der Waals surface area (Å²) in [5.74, 6) is 3.49. The van der Waals surface area contributed by atoms with Gasteiger partial charge < -0.3 is 29.6 Å². The molecule has 0 fully saturated rings. The predicted molar refractivity (Wildman–Crippen MR) is 140 cm³/mol. The molecule has 7 nitrogen and oxygen atoms in total. The van der Waals surface area contributed by atoms with Gasteiger partial charge in [0.1, 0.15) is 5.75 Å². The van der Waals surface area contributed by atoms with Crippen LogP contribution in [0.5, 0.6) is 23.0 Å². The molecule has 8 heteroatoms. The van der Waals surface area contributed by atoms with Crippen molar-refractivity contribution in [1.82, 2.24) is 10.6 Å². The Morgan fingerprint density at radius 2 is 1.56 bits per heavy atom. The first kappa shape index (κ1) is 27.7. The van der Waals surface area contributed by atoms with E-state index in [0.717, 1.165) is 49.7 Å². The number of nitrogens with one attached hydrogen (secondary N) is 2. The number of unbranched alkanes of at least 4 members (excludes halogenated alkanes) is 1. The van der Waals surface area contributed by atoms with Crippen LogP contribution in [0, 0.1) is 0 Å². The Morgan fingerprint density at radius 1 is 0.906 bits per heavy atom. The molecular weight excluding hydrogens is 521 g/mol. The zero-order valence-electron chi connectivity index (χ0n) is 19.7. The van der Waals surface area contributed by atoms with Crippen LogP contribution < -0.4 is 29.6 Å². The quantitative estimate of drug-likeness (QED) is 0.174. The van der Waals surface area contributed by atoms with Crippen molar-refractivity contribution in [1.29, 1.82) is 0 Å². The third-order valence-corrected chi connectivity index (χ3v) is 4.80. The van der Waals surface area contributed by atoms with E-state index in [4.69, 9.17) is 18.9 Å². The fourth-order valence-corrected chi connectivity index (χ4v) is 3.06. The average molecular weight is 557 g/mol. The van der Waals surface area contributed by atoms with E-state index in [0.29, 0.717) is 23.8 Å². The van der Waals surface area contributed by atoms with Crippen LogP contribution in [0.1, 0.15) is 30.9 Å². The number of hydrogen-bond donors (Lipinski definition) is 2. The Hall–Kier alpha value is -2.36. The molecule has 0 aliphatic heterocycles. The summed E-state index contributed by atoms with van der Waals surface area (Å²) in [4.78, 5) is 4.30. The van der Waals surface area contributed by atoms with Crippen molar-refractivity contribution in [2.75, 3.05) is 41.5 Å². The van der Waals surface area contributed by atoms with Gasteiger partial charge in [-0.25, -0.2) is 0 Å². The molecule has 0 bridgehead atoms. The Morgan fingerprint density at radius 3 is 2.09 bits per heavy atom. The highest BCUT2D eigenvalue weighted by molar-refractivity contribution is 14.0. The molecule has 0 aromatic heterocycles. The van der Waals surface area contributed by atoms with Crippen molar-refractivity contribution in [3.63, 3.8) is 0 Å². The highest BCUT2D eigenvalue weighted by atomic mass is 127. The summed E-state index contributed by atoms with van der Waals surface area (Å²) in [5, 5.41) is 6.66. The van der Waals surface area contributed by atoms with Gasteiger partial charge in [0.2, 0.25) is 5.75 Å². The summed E-state index contributed by atoms with van der Waals surface area (Å²) in [7, 11) is 6.57. The van der Waals surface area contributed by atoms with Crippen LogP contribution in [-0.2, 0) is 13.0 Å². The fourth-order valence-electron chi connectivity index (χ4n) is 3.06. The highest BCUT2D eigenvalue weighted by Crippen LogP contribution is 2.38. The zero-order valence-corrected chi connectivity index (χ0v) is 22.0. The summed E-state index contributed by atoms with van der Waals surface area (Å²) < 4.78 is 21.9. The van der Waals surface area contributed by atoms with Crippen LogP contribution in [-0.4, -0.2) is 47.5 Å². The van der Waals surface area contributed by atoms with E-state index in [2.05, 4.69) is 34.7 Å². The predicted octanol–water partition coefficient (Wildman–Crippen LogP) is 4.42.